The maximum absolute atomic E-state index is 13.5. The predicted octanol–water partition coefficient (Wildman–Crippen LogP) is 17.1. The van der Waals surface area contributed by atoms with Crippen molar-refractivity contribution < 1.29 is 14.4 Å². The van der Waals surface area contributed by atoms with Crippen molar-refractivity contribution in [1.82, 2.24) is 19.9 Å². The Morgan fingerprint density at radius 1 is 0.427 bits per heavy atom. The standard InChI is InChI=1S/C66H49N5O4/c1-36-10-18-40(19-11-36)59-52-28-29-53(67-52)60(41-20-12-37(2)13-21-41)64-50-33-48-45-8-7-9-58(75-6)63(45)46-27-26-44(74-5)32-47(46)49(48)34-51(50)65(70-64)61(42-22-14-38(3)15-23-42)54-30-31-55(68-54)62(43-24-16-39(4)17-25-43)66-57(71(72)73)35-56(59)69-66/h7-35,69-70H,1-6H3. The van der Waals surface area contributed by atoms with Gasteiger partial charge in [-0.15, -0.1) is 0 Å². The summed E-state index contributed by atoms with van der Waals surface area (Å²) in [6.45, 7) is 8.27. The second-order valence-corrected chi connectivity index (χ2v) is 19.7. The number of rotatable bonds is 7. The van der Waals surface area contributed by atoms with Crippen LogP contribution in [0.5, 0.6) is 11.5 Å². The highest BCUT2D eigenvalue weighted by molar-refractivity contribution is 6.31. The number of aryl methyl sites for hydroxylation is 4. The van der Waals surface area contributed by atoms with Gasteiger partial charge in [0.15, 0.2) is 0 Å². The molecule has 2 N–H and O–H groups in total. The molecule has 0 saturated heterocycles. The Kier molecular flexibility index (Phi) is 10.6. The summed E-state index contributed by atoms with van der Waals surface area (Å²) >= 11 is 0. The molecule has 13 rings (SSSR count). The Morgan fingerprint density at radius 2 is 0.853 bits per heavy atom. The first-order valence-corrected chi connectivity index (χ1v) is 25.0. The number of aromatic amines is 2. The highest BCUT2D eigenvalue weighted by Gasteiger charge is 2.26. The lowest BCUT2D eigenvalue weighted by atomic mass is 9.91. The molecule has 0 aliphatic carbocycles. The van der Waals surface area contributed by atoms with Crippen LogP contribution in [0.3, 0.4) is 0 Å². The van der Waals surface area contributed by atoms with Crippen LogP contribution in [0, 0.1) is 37.8 Å². The lowest BCUT2D eigenvalue weighted by Crippen LogP contribution is -1.91. The van der Waals surface area contributed by atoms with Crippen molar-refractivity contribution in [1.29, 1.82) is 0 Å². The summed E-state index contributed by atoms with van der Waals surface area (Å²) in [5.74, 6) is 1.53. The molecule has 0 unspecified atom stereocenters. The van der Waals surface area contributed by atoms with E-state index in [9.17, 15) is 10.1 Å². The number of hydrogen-bond acceptors (Lipinski definition) is 6. The fourth-order valence-electron chi connectivity index (χ4n) is 11.2. The Labute approximate surface area is 432 Å². The molecule has 362 valence electrons. The largest absolute Gasteiger partial charge is 0.497 e. The summed E-state index contributed by atoms with van der Waals surface area (Å²) in [7, 11) is 3.43. The van der Waals surface area contributed by atoms with Crippen LogP contribution in [0.1, 0.15) is 45.0 Å². The van der Waals surface area contributed by atoms with Crippen LogP contribution in [-0.2, 0) is 0 Å². The number of nitrogens with one attached hydrogen (secondary N) is 2. The zero-order chi connectivity index (χ0) is 51.2. The molecule has 5 heterocycles. The third-order valence-electron chi connectivity index (χ3n) is 14.9. The Hall–Kier alpha value is -9.60. The van der Waals surface area contributed by atoms with Crippen LogP contribution in [0.15, 0.2) is 152 Å². The minimum Gasteiger partial charge on any atom is -0.497 e. The normalized spacial score (nSPS) is 12.1. The van der Waals surface area contributed by atoms with Gasteiger partial charge < -0.3 is 19.4 Å². The molecule has 0 atom stereocenters. The molecule has 0 saturated carbocycles. The summed E-state index contributed by atoms with van der Waals surface area (Å²) < 4.78 is 12.0. The molecular weight excluding hydrogens is 927 g/mol. The average molecular weight is 976 g/mol. The van der Waals surface area contributed by atoms with Crippen LogP contribution in [0.25, 0.3) is 134 Å². The number of aromatic nitrogens is 4. The number of nitro groups is 1. The van der Waals surface area contributed by atoms with Crippen molar-refractivity contribution in [3.63, 3.8) is 0 Å². The van der Waals surface area contributed by atoms with Gasteiger partial charge in [0.1, 0.15) is 17.0 Å². The van der Waals surface area contributed by atoms with Crippen molar-refractivity contribution in [2.45, 2.75) is 27.7 Å². The van der Waals surface area contributed by atoms with Gasteiger partial charge in [-0.3, -0.25) is 10.1 Å². The molecule has 2 aliphatic heterocycles. The Bertz CT molecular complexity index is 4470. The van der Waals surface area contributed by atoms with Gasteiger partial charge in [0, 0.05) is 44.5 Å². The Morgan fingerprint density at radius 3 is 1.32 bits per heavy atom. The van der Waals surface area contributed by atoms with Crippen LogP contribution in [0.2, 0.25) is 0 Å². The molecular formula is C66H49N5O4. The van der Waals surface area contributed by atoms with E-state index in [4.69, 9.17) is 19.4 Å². The van der Waals surface area contributed by atoms with Gasteiger partial charge in [-0.1, -0.05) is 131 Å². The number of H-pyrrole nitrogens is 2. The number of methoxy groups -OCH3 is 2. The van der Waals surface area contributed by atoms with Gasteiger partial charge in [0.25, 0.3) is 5.69 Å². The van der Waals surface area contributed by atoms with Crippen LogP contribution in [-0.4, -0.2) is 39.1 Å². The van der Waals surface area contributed by atoms with Gasteiger partial charge in [0.05, 0.1) is 58.5 Å². The van der Waals surface area contributed by atoms with E-state index >= 15 is 0 Å². The minimum absolute atomic E-state index is 0.0686. The van der Waals surface area contributed by atoms with Crippen LogP contribution < -0.4 is 9.47 Å². The van der Waals surface area contributed by atoms with Crippen molar-refractivity contribution in [2.24, 2.45) is 0 Å². The van der Waals surface area contributed by atoms with E-state index < -0.39 is 0 Å². The summed E-state index contributed by atoms with van der Waals surface area (Å²) in [6.07, 6.45) is 8.13. The van der Waals surface area contributed by atoms with Crippen molar-refractivity contribution in [3.8, 4) is 56.0 Å². The lowest BCUT2D eigenvalue weighted by Gasteiger charge is -2.15. The first-order valence-electron chi connectivity index (χ1n) is 25.0. The van der Waals surface area contributed by atoms with E-state index in [1.807, 2.05) is 61.5 Å². The number of nitrogens with zero attached hydrogens (tertiary/aromatic N) is 3. The molecule has 75 heavy (non-hydrogen) atoms. The third-order valence-corrected chi connectivity index (χ3v) is 14.9. The molecule has 8 bridgehead atoms. The molecule has 0 amide bonds. The highest BCUT2D eigenvalue weighted by Crippen LogP contribution is 2.47. The molecule has 9 heteroatoms. The number of benzene rings is 8. The first-order chi connectivity index (χ1) is 36.5. The van der Waals surface area contributed by atoms with Crippen LogP contribution in [0.4, 0.5) is 5.69 Å². The third kappa shape index (κ3) is 7.46. The fraction of sp³-hybridized carbons (Fsp3) is 0.0909. The molecule has 0 spiro atoms. The van der Waals surface area contributed by atoms with E-state index in [1.165, 1.54) is 0 Å². The highest BCUT2D eigenvalue weighted by atomic mass is 16.6. The summed E-state index contributed by atoms with van der Waals surface area (Å²) in [4.78, 5) is 32.1. The molecule has 2 aliphatic rings. The summed E-state index contributed by atoms with van der Waals surface area (Å²) in [5, 5.41) is 21.7. The topological polar surface area (TPSA) is 119 Å². The minimum atomic E-state index is -0.305. The quantitative estimate of drug-likeness (QED) is 0.0933. The number of fused-ring (bicyclic) bond motifs is 17. The molecule has 0 fully saturated rings. The lowest BCUT2D eigenvalue weighted by molar-refractivity contribution is -0.382. The van der Waals surface area contributed by atoms with Gasteiger partial charge in [0.2, 0.25) is 0 Å². The van der Waals surface area contributed by atoms with Gasteiger partial charge >= 0.3 is 0 Å². The second kappa shape index (κ2) is 17.6. The fourth-order valence-corrected chi connectivity index (χ4v) is 11.2. The van der Waals surface area contributed by atoms with E-state index in [0.717, 1.165) is 133 Å². The van der Waals surface area contributed by atoms with E-state index in [-0.39, 0.29) is 10.6 Å². The first kappa shape index (κ1) is 45.3. The zero-order valence-electron chi connectivity index (χ0n) is 42.2. The van der Waals surface area contributed by atoms with E-state index in [1.54, 1.807) is 20.3 Å². The van der Waals surface area contributed by atoms with E-state index in [2.05, 4.69) is 146 Å². The maximum Gasteiger partial charge on any atom is 0.295 e. The number of hydrogen-bond donors (Lipinski definition) is 2. The van der Waals surface area contributed by atoms with Gasteiger partial charge in [-0.2, -0.15) is 0 Å². The monoisotopic (exact) mass is 975 g/mol. The Balaban J connectivity index is 1.33. The van der Waals surface area contributed by atoms with Crippen LogP contribution >= 0.6 is 0 Å². The molecule has 11 aromatic rings. The molecule has 8 aromatic carbocycles. The average Bonchev–Trinajstić information content (AvgIpc) is 4.27. The predicted molar refractivity (Wildman–Crippen MR) is 309 cm³/mol. The second-order valence-electron chi connectivity index (χ2n) is 19.7. The molecule has 9 nitrogen and oxygen atoms in total. The number of ether oxygens (including phenoxy) is 2. The van der Waals surface area contributed by atoms with Crippen molar-refractivity contribution in [2.75, 3.05) is 14.2 Å². The molecule has 3 aromatic heterocycles. The SMILES string of the molecule is COc1ccc2c(c1)c1cc3c4[nH]c(c(-c5ccc(C)cc5)c5nc(c(-c6ccc(C)cc6)c6cc([N+](=O)[O-])c([nH]6)c(-c6ccc(C)cc6)c6nc(c4-c4ccc(C)cc4)C=C6)C=C5)c3cc1c1cccc(OC)c21. The van der Waals surface area contributed by atoms with Crippen molar-refractivity contribution in [3.05, 3.63) is 207 Å². The van der Waals surface area contributed by atoms with Crippen molar-refractivity contribution >= 4 is 95.1 Å². The summed E-state index contributed by atoms with van der Waals surface area (Å²) in [5.41, 5.74) is 16.3. The smallest absolute Gasteiger partial charge is 0.295 e. The van der Waals surface area contributed by atoms with Gasteiger partial charge in [-0.05, 0) is 138 Å². The molecule has 0 radical (unpaired) electrons. The van der Waals surface area contributed by atoms with Gasteiger partial charge in [-0.25, -0.2) is 9.97 Å². The summed E-state index contributed by atoms with van der Waals surface area (Å²) in [6, 6.07) is 52.3. The van der Waals surface area contributed by atoms with E-state index in [0.29, 0.717) is 33.7 Å². The maximum atomic E-state index is 13.5. The zero-order valence-corrected chi connectivity index (χ0v) is 42.2.